The summed E-state index contributed by atoms with van der Waals surface area (Å²) in [7, 11) is 0. The number of alkyl carbamates (subject to hydrolysis) is 1. The molecule has 1 fully saturated rings. The lowest BCUT2D eigenvalue weighted by molar-refractivity contribution is -0.141. The second-order valence-corrected chi connectivity index (χ2v) is 6.55. The van der Waals surface area contributed by atoms with Crippen molar-refractivity contribution in [3.8, 4) is 0 Å². The number of hydrogen-bond acceptors (Lipinski definition) is 6. The molecule has 1 amide bonds. The van der Waals surface area contributed by atoms with Gasteiger partial charge < -0.3 is 19.5 Å². The monoisotopic (exact) mass is 357 g/mol. The van der Waals surface area contributed by atoms with E-state index in [4.69, 9.17) is 14.2 Å². The minimum Gasteiger partial charge on any atom is -0.445 e. The molecule has 7 heteroatoms. The highest BCUT2D eigenvalue weighted by Gasteiger charge is 2.38. The van der Waals surface area contributed by atoms with Crippen LogP contribution in [0.5, 0.6) is 0 Å². The second-order valence-electron chi connectivity index (χ2n) is 6.55. The van der Waals surface area contributed by atoms with Crippen LogP contribution in [0.25, 0.3) is 0 Å². The van der Waals surface area contributed by atoms with Gasteiger partial charge in [0.05, 0.1) is 12.6 Å². The molecule has 1 aromatic carbocycles. The minimum atomic E-state index is -0.684. The van der Waals surface area contributed by atoms with E-state index >= 15 is 0 Å². The normalized spacial score (nSPS) is 19.7. The molecule has 1 aliphatic heterocycles. The third-order valence-electron chi connectivity index (χ3n) is 4.02. The van der Waals surface area contributed by atoms with Crippen molar-refractivity contribution >= 4 is 6.09 Å². The molecule has 1 aliphatic rings. The van der Waals surface area contributed by atoms with E-state index in [2.05, 4.69) is 15.3 Å². The molecule has 0 radical (unpaired) electrons. The molecule has 1 N–H and O–H groups in total. The molecule has 0 spiro atoms. The molecule has 0 aliphatic carbocycles. The minimum absolute atomic E-state index is 0.203. The summed E-state index contributed by atoms with van der Waals surface area (Å²) in [5, 5.41) is 2.87. The summed E-state index contributed by atoms with van der Waals surface area (Å²) in [5.41, 5.74) is 0.923. The first-order valence-electron chi connectivity index (χ1n) is 8.57. The molecule has 2 atom stereocenters. The van der Waals surface area contributed by atoms with Gasteiger partial charge >= 0.3 is 6.09 Å². The second kappa shape index (κ2) is 8.25. The van der Waals surface area contributed by atoms with E-state index in [0.717, 1.165) is 5.56 Å². The zero-order valence-corrected chi connectivity index (χ0v) is 14.9. The van der Waals surface area contributed by atoms with Crippen LogP contribution in [0.15, 0.2) is 48.8 Å². The summed E-state index contributed by atoms with van der Waals surface area (Å²) in [6.45, 7) is 4.27. The van der Waals surface area contributed by atoms with Gasteiger partial charge in [0.15, 0.2) is 5.79 Å². The maximum absolute atomic E-state index is 12.3. The van der Waals surface area contributed by atoms with Crippen LogP contribution >= 0.6 is 0 Å². The summed E-state index contributed by atoms with van der Waals surface area (Å²) in [5.74, 6) is -0.0648. The van der Waals surface area contributed by atoms with Crippen LogP contribution in [0.3, 0.4) is 0 Å². The number of nitrogens with one attached hydrogen (secondary N) is 1. The molecular weight excluding hydrogens is 334 g/mol. The lowest BCUT2D eigenvalue weighted by atomic mass is 10.1. The van der Waals surface area contributed by atoms with Crippen molar-refractivity contribution < 1.29 is 19.0 Å². The van der Waals surface area contributed by atoms with Gasteiger partial charge in [-0.25, -0.2) is 14.8 Å². The van der Waals surface area contributed by atoms with Crippen molar-refractivity contribution in [2.75, 3.05) is 6.61 Å². The highest BCUT2D eigenvalue weighted by Crippen LogP contribution is 2.25. The van der Waals surface area contributed by atoms with Crippen LogP contribution in [0.2, 0.25) is 0 Å². The third kappa shape index (κ3) is 5.24. The van der Waals surface area contributed by atoms with Gasteiger partial charge in [-0.2, -0.15) is 0 Å². The molecule has 0 saturated carbocycles. The standard InChI is InChI=1S/C19H23N3O4/c1-19(2)25-13-16(26-19)15(11-17-20-9-6-10-21-17)22-18(23)24-12-14-7-4-3-5-8-14/h3-10,15-16H,11-13H2,1-2H3,(H,22,23)/t15-,16+/m1/s1. The molecule has 7 nitrogen and oxygen atoms in total. The molecule has 1 saturated heterocycles. The van der Waals surface area contributed by atoms with E-state index in [9.17, 15) is 4.79 Å². The molecule has 26 heavy (non-hydrogen) atoms. The van der Waals surface area contributed by atoms with Crippen LogP contribution in [-0.2, 0) is 27.2 Å². The zero-order chi connectivity index (χ0) is 18.4. The van der Waals surface area contributed by atoms with E-state index in [0.29, 0.717) is 18.9 Å². The summed E-state index contributed by atoms with van der Waals surface area (Å²) >= 11 is 0. The Morgan fingerprint density at radius 1 is 1.27 bits per heavy atom. The number of rotatable bonds is 6. The number of ether oxygens (including phenoxy) is 3. The highest BCUT2D eigenvalue weighted by atomic mass is 16.7. The largest absolute Gasteiger partial charge is 0.445 e. The van der Waals surface area contributed by atoms with Gasteiger partial charge in [0, 0.05) is 18.8 Å². The molecule has 2 heterocycles. The van der Waals surface area contributed by atoms with Crippen LogP contribution in [-0.4, -0.2) is 40.6 Å². The number of nitrogens with zero attached hydrogens (tertiary/aromatic N) is 2. The first-order valence-corrected chi connectivity index (χ1v) is 8.57. The molecule has 2 aromatic rings. The number of aromatic nitrogens is 2. The summed E-state index contributed by atoms with van der Waals surface area (Å²) in [6.07, 6.45) is 2.94. The Morgan fingerprint density at radius 2 is 2.00 bits per heavy atom. The number of benzene rings is 1. The van der Waals surface area contributed by atoms with Gasteiger partial charge in [0.2, 0.25) is 0 Å². The van der Waals surface area contributed by atoms with Gasteiger partial charge in [-0.3, -0.25) is 0 Å². The first kappa shape index (κ1) is 18.3. The molecule has 0 bridgehead atoms. The lowest BCUT2D eigenvalue weighted by Crippen LogP contribution is -2.47. The summed E-state index contributed by atoms with van der Waals surface area (Å²) in [6, 6.07) is 10.9. The highest BCUT2D eigenvalue weighted by molar-refractivity contribution is 5.67. The maximum Gasteiger partial charge on any atom is 0.407 e. The van der Waals surface area contributed by atoms with Gasteiger partial charge in [-0.15, -0.1) is 0 Å². The summed E-state index contributed by atoms with van der Waals surface area (Å²) in [4.78, 5) is 20.7. The zero-order valence-electron chi connectivity index (χ0n) is 14.9. The van der Waals surface area contributed by atoms with E-state index in [-0.39, 0.29) is 18.8 Å². The quantitative estimate of drug-likeness (QED) is 0.855. The molecule has 138 valence electrons. The van der Waals surface area contributed by atoms with E-state index in [1.807, 2.05) is 44.2 Å². The van der Waals surface area contributed by atoms with Crippen molar-refractivity contribution in [2.45, 2.75) is 44.8 Å². The van der Waals surface area contributed by atoms with Crippen molar-refractivity contribution in [2.24, 2.45) is 0 Å². The smallest absolute Gasteiger partial charge is 0.407 e. The van der Waals surface area contributed by atoms with Crippen LogP contribution in [0.4, 0.5) is 4.79 Å². The molecule has 3 rings (SSSR count). The van der Waals surface area contributed by atoms with Crippen LogP contribution in [0.1, 0.15) is 25.2 Å². The van der Waals surface area contributed by atoms with Gasteiger partial charge in [-0.1, -0.05) is 30.3 Å². The van der Waals surface area contributed by atoms with Crippen molar-refractivity contribution in [1.29, 1.82) is 0 Å². The number of amides is 1. The first-order chi connectivity index (χ1) is 12.5. The van der Waals surface area contributed by atoms with Gasteiger partial charge in [0.1, 0.15) is 18.5 Å². The SMILES string of the molecule is CC1(C)OC[C@@H]([C@@H](Cc2ncccn2)NC(=O)OCc2ccccc2)O1. The average molecular weight is 357 g/mol. The fourth-order valence-electron chi connectivity index (χ4n) is 2.74. The van der Waals surface area contributed by atoms with Gasteiger partial charge in [-0.05, 0) is 25.5 Å². The summed E-state index contributed by atoms with van der Waals surface area (Å²) < 4.78 is 16.8. The van der Waals surface area contributed by atoms with E-state index in [1.54, 1.807) is 18.5 Å². The fourth-order valence-corrected chi connectivity index (χ4v) is 2.74. The van der Waals surface area contributed by atoms with Crippen molar-refractivity contribution in [3.05, 3.63) is 60.2 Å². The Balaban J connectivity index is 1.62. The average Bonchev–Trinajstić information content (AvgIpc) is 3.01. The Labute approximate surface area is 152 Å². The Morgan fingerprint density at radius 3 is 2.65 bits per heavy atom. The van der Waals surface area contributed by atoms with E-state index < -0.39 is 11.9 Å². The number of carbonyl (C=O) groups excluding carboxylic acids is 1. The predicted octanol–water partition coefficient (Wildman–Crippen LogP) is 2.47. The third-order valence-corrected chi connectivity index (χ3v) is 4.02. The van der Waals surface area contributed by atoms with Crippen LogP contribution < -0.4 is 5.32 Å². The Hall–Kier alpha value is -2.51. The van der Waals surface area contributed by atoms with E-state index in [1.165, 1.54) is 0 Å². The molecule has 0 unspecified atom stereocenters. The Kier molecular flexibility index (Phi) is 5.80. The van der Waals surface area contributed by atoms with Gasteiger partial charge in [0.25, 0.3) is 0 Å². The topological polar surface area (TPSA) is 82.6 Å². The molecule has 1 aromatic heterocycles. The van der Waals surface area contributed by atoms with Crippen molar-refractivity contribution in [1.82, 2.24) is 15.3 Å². The van der Waals surface area contributed by atoms with Crippen molar-refractivity contribution in [3.63, 3.8) is 0 Å². The lowest BCUT2D eigenvalue weighted by Gasteiger charge is -2.24. The number of carbonyl (C=O) groups is 1. The van der Waals surface area contributed by atoms with Crippen LogP contribution in [0, 0.1) is 0 Å². The fraction of sp³-hybridized carbons (Fsp3) is 0.421. The molecular formula is C19H23N3O4. The Bertz CT molecular complexity index is 709. The number of hydrogen-bond donors (Lipinski definition) is 1. The maximum atomic E-state index is 12.3. The predicted molar refractivity (Wildman–Crippen MR) is 94.2 cm³/mol.